The Labute approximate surface area is 139 Å². The van der Waals surface area contributed by atoms with Crippen molar-refractivity contribution < 1.29 is 0 Å². The van der Waals surface area contributed by atoms with Crippen LogP contribution in [0, 0.1) is 0 Å². The number of nitrogens with zero attached hydrogens (tertiary/aromatic N) is 3. The highest BCUT2D eigenvalue weighted by Crippen LogP contribution is 2.34. The largest absolute Gasteiger partial charge is 0.387 e. The molecule has 1 N–H and O–H groups in total. The molecule has 0 atom stereocenters. The molecular weight excluding hydrogens is 308 g/mol. The van der Waals surface area contributed by atoms with Gasteiger partial charge in [-0.1, -0.05) is 26.7 Å². The molecule has 0 radical (unpaired) electrons. The molecule has 6 heteroatoms. The van der Waals surface area contributed by atoms with Crippen LogP contribution in [0.1, 0.15) is 45.6 Å². The number of thiophene rings is 1. The second-order valence-corrected chi connectivity index (χ2v) is 6.76. The van der Waals surface area contributed by atoms with Crippen molar-refractivity contribution in [3.05, 3.63) is 28.9 Å². The van der Waals surface area contributed by atoms with Crippen LogP contribution in [-0.2, 0) is 0 Å². The molecule has 0 saturated heterocycles. The lowest BCUT2D eigenvalue weighted by atomic mass is 10.1. The van der Waals surface area contributed by atoms with E-state index in [1.54, 1.807) is 12.5 Å². The molecule has 122 valence electrons. The minimum atomic E-state index is 0.0620. The first-order valence-electron chi connectivity index (χ1n) is 8.17. The maximum Gasteiger partial charge on any atom is 0.271 e. The summed E-state index contributed by atoms with van der Waals surface area (Å²) < 4.78 is 2.53. The fraction of sp³-hybridized carbons (Fsp3) is 0.471. The first kappa shape index (κ1) is 15.9. The van der Waals surface area contributed by atoms with Gasteiger partial charge in [-0.3, -0.25) is 9.36 Å². The van der Waals surface area contributed by atoms with Crippen LogP contribution in [-0.4, -0.2) is 21.6 Å². The van der Waals surface area contributed by atoms with Crippen molar-refractivity contribution in [2.45, 2.75) is 45.6 Å². The molecule has 3 aromatic rings. The Morgan fingerprint density at radius 1 is 1.26 bits per heavy atom. The summed E-state index contributed by atoms with van der Waals surface area (Å²) in [7, 11) is 1.87. The van der Waals surface area contributed by atoms with E-state index in [0.717, 1.165) is 47.1 Å². The maximum atomic E-state index is 13.0. The van der Waals surface area contributed by atoms with Crippen LogP contribution < -0.4 is 10.9 Å². The van der Waals surface area contributed by atoms with E-state index in [2.05, 4.69) is 29.1 Å². The fourth-order valence-corrected chi connectivity index (χ4v) is 4.18. The molecule has 0 aliphatic carbocycles. The van der Waals surface area contributed by atoms with Gasteiger partial charge >= 0.3 is 0 Å². The highest BCUT2D eigenvalue weighted by molar-refractivity contribution is 7.25. The summed E-state index contributed by atoms with van der Waals surface area (Å²) in [5, 5.41) is 4.11. The molecule has 0 aromatic carbocycles. The van der Waals surface area contributed by atoms with Gasteiger partial charge in [0.1, 0.15) is 9.53 Å². The SMILES string of the molecule is CCCC(CCC)n1cnc2c(sc3nccc(NC)c32)c1=O. The first-order chi connectivity index (χ1) is 11.2. The minimum absolute atomic E-state index is 0.0620. The second-order valence-electron chi connectivity index (χ2n) is 5.76. The van der Waals surface area contributed by atoms with Crippen molar-refractivity contribution >= 4 is 37.5 Å². The predicted octanol–water partition coefficient (Wildman–Crippen LogP) is 4.19. The zero-order valence-electron chi connectivity index (χ0n) is 13.8. The highest BCUT2D eigenvalue weighted by Gasteiger charge is 2.18. The van der Waals surface area contributed by atoms with Crippen molar-refractivity contribution in [2.24, 2.45) is 0 Å². The smallest absolute Gasteiger partial charge is 0.271 e. The molecule has 0 spiro atoms. The summed E-state index contributed by atoms with van der Waals surface area (Å²) in [5.74, 6) is 0. The number of hydrogen-bond acceptors (Lipinski definition) is 5. The zero-order chi connectivity index (χ0) is 16.4. The van der Waals surface area contributed by atoms with Gasteiger partial charge in [0.25, 0.3) is 5.56 Å². The number of hydrogen-bond donors (Lipinski definition) is 1. The number of aromatic nitrogens is 3. The molecule has 0 unspecified atom stereocenters. The van der Waals surface area contributed by atoms with E-state index in [1.807, 2.05) is 17.7 Å². The van der Waals surface area contributed by atoms with Gasteiger partial charge in [0.05, 0.1) is 17.2 Å². The molecule has 0 aliphatic heterocycles. The quantitative estimate of drug-likeness (QED) is 0.736. The Bertz CT molecular complexity index is 877. The third-order valence-corrected chi connectivity index (χ3v) is 5.29. The zero-order valence-corrected chi connectivity index (χ0v) is 14.6. The fourth-order valence-electron chi connectivity index (χ4n) is 3.12. The van der Waals surface area contributed by atoms with Gasteiger partial charge in [-0.15, -0.1) is 11.3 Å². The molecule has 0 saturated carbocycles. The predicted molar refractivity (Wildman–Crippen MR) is 97.6 cm³/mol. The van der Waals surface area contributed by atoms with Gasteiger partial charge in [0.2, 0.25) is 0 Å². The van der Waals surface area contributed by atoms with Crippen LogP contribution in [0.25, 0.3) is 20.4 Å². The number of rotatable bonds is 6. The van der Waals surface area contributed by atoms with Crippen LogP contribution in [0.4, 0.5) is 5.69 Å². The van der Waals surface area contributed by atoms with Crippen LogP contribution in [0.15, 0.2) is 23.4 Å². The van der Waals surface area contributed by atoms with Gasteiger partial charge in [0, 0.05) is 25.0 Å². The molecular formula is C17H22N4OS. The maximum absolute atomic E-state index is 13.0. The molecule has 5 nitrogen and oxygen atoms in total. The molecule has 23 heavy (non-hydrogen) atoms. The van der Waals surface area contributed by atoms with E-state index in [1.165, 1.54) is 11.3 Å². The van der Waals surface area contributed by atoms with Crippen molar-refractivity contribution in [2.75, 3.05) is 12.4 Å². The van der Waals surface area contributed by atoms with Gasteiger partial charge in [0.15, 0.2) is 0 Å². The van der Waals surface area contributed by atoms with Gasteiger partial charge in [-0.25, -0.2) is 9.97 Å². The summed E-state index contributed by atoms with van der Waals surface area (Å²) in [5.41, 5.74) is 1.78. The molecule has 3 aromatic heterocycles. The molecule has 0 fully saturated rings. The van der Waals surface area contributed by atoms with Crippen LogP contribution >= 0.6 is 11.3 Å². The average Bonchev–Trinajstić information content (AvgIpc) is 2.95. The number of nitrogens with one attached hydrogen (secondary N) is 1. The summed E-state index contributed by atoms with van der Waals surface area (Å²) in [4.78, 5) is 22.9. The average molecular weight is 330 g/mol. The van der Waals surface area contributed by atoms with Crippen molar-refractivity contribution in [3.63, 3.8) is 0 Å². The van der Waals surface area contributed by atoms with E-state index in [-0.39, 0.29) is 11.6 Å². The molecule has 3 heterocycles. The lowest BCUT2D eigenvalue weighted by molar-refractivity contribution is 0.414. The van der Waals surface area contributed by atoms with Gasteiger partial charge in [-0.05, 0) is 18.9 Å². The summed E-state index contributed by atoms with van der Waals surface area (Å²) in [6.45, 7) is 4.31. The van der Waals surface area contributed by atoms with E-state index in [9.17, 15) is 4.79 Å². The Hall–Kier alpha value is -1.95. The van der Waals surface area contributed by atoms with Crippen LogP contribution in [0.5, 0.6) is 0 Å². The third kappa shape index (κ3) is 2.72. The van der Waals surface area contributed by atoms with E-state index >= 15 is 0 Å². The summed E-state index contributed by atoms with van der Waals surface area (Å²) in [6.07, 6.45) is 7.62. The van der Waals surface area contributed by atoms with E-state index in [0.29, 0.717) is 4.70 Å². The lowest BCUT2D eigenvalue weighted by Gasteiger charge is -2.18. The van der Waals surface area contributed by atoms with Gasteiger partial charge < -0.3 is 5.32 Å². The topological polar surface area (TPSA) is 59.8 Å². The van der Waals surface area contributed by atoms with E-state index in [4.69, 9.17) is 0 Å². The van der Waals surface area contributed by atoms with E-state index < -0.39 is 0 Å². The normalized spacial score (nSPS) is 11.7. The lowest BCUT2D eigenvalue weighted by Crippen LogP contribution is -2.24. The Kier molecular flexibility index (Phi) is 4.61. The Balaban J connectivity index is 2.24. The number of pyridine rings is 1. The van der Waals surface area contributed by atoms with Gasteiger partial charge in [-0.2, -0.15) is 0 Å². The molecule has 0 bridgehead atoms. The minimum Gasteiger partial charge on any atom is -0.387 e. The first-order valence-corrected chi connectivity index (χ1v) is 8.99. The standard InChI is InChI=1S/C17H22N4OS/c1-4-6-11(7-5-2)21-10-20-14-13-12(18-3)8-9-19-16(13)23-15(14)17(21)22/h8-11H,4-7H2,1-3H3,(H,18,19). The van der Waals surface area contributed by atoms with Crippen LogP contribution in [0.3, 0.4) is 0 Å². The third-order valence-electron chi connectivity index (χ3n) is 4.21. The van der Waals surface area contributed by atoms with Crippen LogP contribution in [0.2, 0.25) is 0 Å². The number of fused-ring (bicyclic) bond motifs is 3. The van der Waals surface area contributed by atoms with Crippen molar-refractivity contribution in [3.8, 4) is 0 Å². The summed E-state index contributed by atoms with van der Waals surface area (Å²) in [6, 6.07) is 2.15. The van der Waals surface area contributed by atoms with Crippen molar-refractivity contribution in [1.29, 1.82) is 0 Å². The summed E-state index contributed by atoms with van der Waals surface area (Å²) >= 11 is 1.44. The Morgan fingerprint density at radius 3 is 2.65 bits per heavy atom. The molecule has 0 aliphatic rings. The monoisotopic (exact) mass is 330 g/mol. The number of anilines is 1. The Morgan fingerprint density at radius 2 is 2.00 bits per heavy atom. The molecule has 3 rings (SSSR count). The van der Waals surface area contributed by atoms with Crippen molar-refractivity contribution in [1.82, 2.24) is 14.5 Å². The second kappa shape index (κ2) is 6.66. The highest BCUT2D eigenvalue weighted by atomic mass is 32.1. The molecule has 0 amide bonds.